The molecule has 0 atom stereocenters. The monoisotopic (exact) mass is 595 g/mol. The van der Waals surface area contributed by atoms with E-state index >= 15 is 0 Å². The zero-order chi connectivity index (χ0) is 29.1. The number of halogens is 1. The van der Waals surface area contributed by atoms with Crippen molar-refractivity contribution >= 4 is 44.9 Å². The van der Waals surface area contributed by atoms with Gasteiger partial charge in [0, 0.05) is 28.2 Å². The van der Waals surface area contributed by atoms with Crippen molar-refractivity contribution in [1.29, 1.82) is 0 Å². The molecule has 0 fully saturated rings. The molecule has 0 radical (unpaired) electrons. The molecule has 4 N–H and O–H groups in total. The molecule has 6 rings (SSSR count). The van der Waals surface area contributed by atoms with Crippen molar-refractivity contribution in [3.05, 3.63) is 114 Å². The number of aromatic nitrogens is 6. The van der Waals surface area contributed by atoms with Gasteiger partial charge in [-0.1, -0.05) is 48.0 Å². The van der Waals surface area contributed by atoms with Crippen LogP contribution in [0.25, 0.3) is 28.6 Å². The van der Waals surface area contributed by atoms with E-state index in [1.807, 2.05) is 66.7 Å². The highest BCUT2D eigenvalue weighted by Crippen LogP contribution is 2.29. The van der Waals surface area contributed by atoms with Crippen molar-refractivity contribution in [2.75, 3.05) is 10.6 Å². The minimum atomic E-state index is -3.83. The first-order chi connectivity index (χ1) is 20.3. The van der Waals surface area contributed by atoms with E-state index < -0.39 is 10.0 Å². The molecule has 42 heavy (non-hydrogen) atoms. The number of nitrogens with two attached hydrogens (primary N) is 1. The first-order valence-corrected chi connectivity index (χ1v) is 14.5. The quantitative estimate of drug-likeness (QED) is 0.205. The van der Waals surface area contributed by atoms with Crippen molar-refractivity contribution in [2.24, 2.45) is 5.14 Å². The van der Waals surface area contributed by atoms with Gasteiger partial charge >= 0.3 is 0 Å². The number of sulfonamides is 1. The lowest BCUT2D eigenvalue weighted by Crippen LogP contribution is -2.12. The van der Waals surface area contributed by atoms with E-state index in [4.69, 9.17) is 21.8 Å². The molecule has 0 aliphatic rings. The van der Waals surface area contributed by atoms with Crippen LogP contribution in [-0.2, 0) is 10.0 Å². The Bertz CT molecular complexity index is 1950. The van der Waals surface area contributed by atoms with Gasteiger partial charge in [0.25, 0.3) is 5.95 Å². The second kappa shape index (κ2) is 11.4. The van der Waals surface area contributed by atoms with E-state index in [0.717, 1.165) is 11.3 Å². The lowest BCUT2D eigenvalue weighted by atomic mass is 10.1. The van der Waals surface area contributed by atoms with Gasteiger partial charge in [0.15, 0.2) is 0 Å². The fourth-order valence-electron chi connectivity index (χ4n) is 4.07. The maximum Gasteiger partial charge on any atom is 0.257 e. The summed E-state index contributed by atoms with van der Waals surface area (Å²) in [5, 5.41) is 17.0. The molecule has 6 aromatic rings. The molecule has 0 spiro atoms. The molecule has 0 aliphatic carbocycles. The minimum absolute atomic E-state index is 0.0120. The van der Waals surface area contributed by atoms with Crippen LogP contribution < -0.4 is 15.8 Å². The molecular formula is C29H22ClN9O2S. The molecule has 3 aromatic carbocycles. The summed E-state index contributed by atoms with van der Waals surface area (Å²) < 4.78 is 25.0. The summed E-state index contributed by atoms with van der Waals surface area (Å²) in [6.07, 6.45) is 1.70. The Labute approximate surface area is 246 Å². The summed E-state index contributed by atoms with van der Waals surface area (Å²) in [5.41, 5.74) is 4.14. The summed E-state index contributed by atoms with van der Waals surface area (Å²) in [6, 6.07) is 30.2. The van der Waals surface area contributed by atoms with Gasteiger partial charge in [-0.05, 0) is 66.7 Å². The summed E-state index contributed by atoms with van der Waals surface area (Å²) in [4.78, 5) is 18.4. The van der Waals surface area contributed by atoms with Gasteiger partial charge in [-0.2, -0.15) is 24.7 Å². The van der Waals surface area contributed by atoms with Gasteiger partial charge < -0.3 is 10.6 Å². The number of rotatable bonds is 8. The fourth-order valence-corrected chi connectivity index (χ4v) is 4.71. The normalized spacial score (nSPS) is 11.3. The Morgan fingerprint density at radius 2 is 1.36 bits per heavy atom. The molecule has 0 aliphatic heterocycles. The third-order valence-electron chi connectivity index (χ3n) is 6.06. The van der Waals surface area contributed by atoms with Crippen LogP contribution in [0.4, 0.5) is 23.3 Å². The molecular weight excluding hydrogens is 574 g/mol. The third-order valence-corrected chi connectivity index (χ3v) is 7.24. The van der Waals surface area contributed by atoms with Crippen LogP contribution >= 0.6 is 11.6 Å². The second-order valence-corrected chi connectivity index (χ2v) is 11.0. The topological polar surface area (TPSA) is 154 Å². The Kier molecular flexibility index (Phi) is 7.32. The SMILES string of the molecule is NS(=O)(=O)c1ccc(Nc2nc(Nc3ccccc3)nc(-n3nc(-c4ccc(Cl)cc4)cc3-c3ccccn3)n2)cc1. The van der Waals surface area contributed by atoms with Crippen molar-refractivity contribution in [2.45, 2.75) is 4.90 Å². The number of para-hydroxylation sites is 1. The zero-order valence-corrected chi connectivity index (χ0v) is 23.3. The highest BCUT2D eigenvalue weighted by Gasteiger charge is 2.18. The van der Waals surface area contributed by atoms with Crippen LogP contribution in [0.5, 0.6) is 0 Å². The maximum absolute atomic E-state index is 11.7. The van der Waals surface area contributed by atoms with Gasteiger partial charge in [-0.15, -0.1) is 0 Å². The molecule has 0 bridgehead atoms. The maximum atomic E-state index is 11.7. The number of nitrogens with zero attached hydrogens (tertiary/aromatic N) is 6. The first kappa shape index (κ1) is 27.0. The molecule has 11 nitrogen and oxygen atoms in total. The molecule has 0 amide bonds. The van der Waals surface area contributed by atoms with Gasteiger partial charge in [-0.3, -0.25) is 4.98 Å². The van der Waals surface area contributed by atoms with E-state index in [1.165, 1.54) is 12.1 Å². The van der Waals surface area contributed by atoms with Crippen LogP contribution in [0.1, 0.15) is 0 Å². The summed E-state index contributed by atoms with van der Waals surface area (Å²) >= 11 is 6.11. The van der Waals surface area contributed by atoms with E-state index in [1.54, 1.807) is 35.1 Å². The minimum Gasteiger partial charge on any atom is -0.324 e. The predicted molar refractivity (Wildman–Crippen MR) is 161 cm³/mol. The predicted octanol–water partition coefficient (Wildman–Crippen LogP) is 5.57. The molecule has 13 heteroatoms. The smallest absolute Gasteiger partial charge is 0.257 e. The molecule has 0 saturated carbocycles. The van der Waals surface area contributed by atoms with Crippen molar-refractivity contribution in [3.63, 3.8) is 0 Å². The number of hydrogen-bond donors (Lipinski definition) is 3. The lowest BCUT2D eigenvalue weighted by molar-refractivity contribution is 0.598. The lowest BCUT2D eigenvalue weighted by Gasteiger charge is -2.12. The van der Waals surface area contributed by atoms with Crippen LogP contribution in [0.3, 0.4) is 0 Å². The highest BCUT2D eigenvalue weighted by atomic mass is 35.5. The molecule has 208 valence electrons. The Morgan fingerprint density at radius 1 is 0.714 bits per heavy atom. The van der Waals surface area contributed by atoms with Gasteiger partial charge in [0.2, 0.25) is 21.9 Å². The number of primary sulfonamides is 1. The third kappa shape index (κ3) is 6.10. The molecule has 3 heterocycles. The Balaban J connectivity index is 1.47. The van der Waals surface area contributed by atoms with Crippen LogP contribution in [0.15, 0.2) is 114 Å². The number of anilines is 4. The largest absolute Gasteiger partial charge is 0.324 e. The Morgan fingerprint density at radius 3 is 1.98 bits per heavy atom. The van der Waals surface area contributed by atoms with E-state index in [2.05, 4.69) is 30.6 Å². The second-order valence-electron chi connectivity index (χ2n) is 9.02. The van der Waals surface area contributed by atoms with Crippen LogP contribution in [0.2, 0.25) is 5.02 Å². The van der Waals surface area contributed by atoms with Gasteiger partial charge in [-0.25, -0.2) is 13.6 Å². The first-order valence-electron chi connectivity index (χ1n) is 12.6. The van der Waals surface area contributed by atoms with Crippen LogP contribution in [-0.4, -0.2) is 38.1 Å². The summed E-state index contributed by atoms with van der Waals surface area (Å²) in [7, 11) is -3.83. The fraction of sp³-hybridized carbons (Fsp3) is 0. The van der Waals surface area contributed by atoms with E-state index in [0.29, 0.717) is 27.8 Å². The van der Waals surface area contributed by atoms with E-state index in [9.17, 15) is 8.42 Å². The zero-order valence-electron chi connectivity index (χ0n) is 21.8. The highest BCUT2D eigenvalue weighted by molar-refractivity contribution is 7.89. The molecule has 3 aromatic heterocycles. The number of nitrogens with one attached hydrogen (secondary N) is 2. The number of benzene rings is 3. The standard InChI is InChI=1S/C29H22ClN9O2S/c30-20-11-9-19(10-12-20)25-18-26(24-8-4-5-17-32-24)39(38-25)29-36-27(33-21-6-2-1-3-7-21)35-28(37-29)34-22-13-15-23(16-14-22)42(31,40)41/h1-18H,(H2,31,40,41)(H2,33,34,35,36,37). The van der Waals surface area contributed by atoms with Gasteiger partial charge in [0.05, 0.1) is 22.0 Å². The Hall–Kier alpha value is -5.17. The van der Waals surface area contributed by atoms with Gasteiger partial charge in [0.1, 0.15) is 0 Å². The summed E-state index contributed by atoms with van der Waals surface area (Å²) in [5.74, 6) is 0.663. The average Bonchev–Trinajstić information content (AvgIpc) is 3.44. The van der Waals surface area contributed by atoms with E-state index in [-0.39, 0.29) is 22.7 Å². The van der Waals surface area contributed by atoms with Crippen molar-refractivity contribution in [3.8, 4) is 28.6 Å². The summed E-state index contributed by atoms with van der Waals surface area (Å²) in [6.45, 7) is 0. The van der Waals surface area contributed by atoms with Crippen LogP contribution in [0, 0.1) is 0 Å². The average molecular weight is 596 g/mol. The van der Waals surface area contributed by atoms with Crippen molar-refractivity contribution < 1.29 is 8.42 Å². The molecule has 0 saturated heterocycles. The molecule has 0 unspecified atom stereocenters. The number of hydrogen-bond acceptors (Lipinski definition) is 9. The number of pyridine rings is 1. The van der Waals surface area contributed by atoms with Crippen molar-refractivity contribution in [1.82, 2.24) is 29.7 Å².